The largest absolute Gasteiger partial charge is 0.340 e. The quantitative estimate of drug-likeness (QED) is 0.851. The lowest BCUT2D eigenvalue weighted by Crippen LogP contribution is -2.49. The Morgan fingerprint density at radius 2 is 2.12 bits per heavy atom. The molecule has 0 bridgehead atoms. The summed E-state index contributed by atoms with van der Waals surface area (Å²) in [6.07, 6.45) is 3.09. The predicted molar refractivity (Wildman–Crippen MR) is 103 cm³/mol. The minimum Gasteiger partial charge on any atom is -0.340 e. The lowest BCUT2D eigenvalue weighted by molar-refractivity contribution is -0.134. The zero-order valence-electron chi connectivity index (χ0n) is 15.5. The SMILES string of the molecule is CC(CC(=O)N1CCN(Cc2ccc(F)cc2Cl)CC1)C1CCCNC1. The van der Waals surface area contributed by atoms with E-state index in [1.807, 2.05) is 4.90 Å². The van der Waals surface area contributed by atoms with Crippen molar-refractivity contribution in [2.45, 2.75) is 32.7 Å². The third-order valence-corrected chi connectivity index (χ3v) is 6.12. The van der Waals surface area contributed by atoms with Gasteiger partial charge in [0.25, 0.3) is 0 Å². The molecule has 1 aromatic carbocycles. The van der Waals surface area contributed by atoms with Crippen molar-refractivity contribution >= 4 is 17.5 Å². The summed E-state index contributed by atoms with van der Waals surface area (Å²) in [6.45, 7) is 8.24. The van der Waals surface area contributed by atoms with Crippen LogP contribution in [0.25, 0.3) is 0 Å². The third-order valence-electron chi connectivity index (χ3n) is 5.77. The number of amides is 1. The first-order valence-electron chi connectivity index (χ1n) is 9.67. The number of carbonyl (C=O) groups is 1. The first-order valence-corrected chi connectivity index (χ1v) is 10.1. The lowest BCUT2D eigenvalue weighted by Gasteiger charge is -2.36. The third kappa shape index (κ3) is 5.18. The molecule has 4 nitrogen and oxygen atoms in total. The first-order chi connectivity index (χ1) is 12.5. The van der Waals surface area contributed by atoms with Gasteiger partial charge in [-0.1, -0.05) is 24.6 Å². The van der Waals surface area contributed by atoms with E-state index in [-0.39, 0.29) is 11.7 Å². The molecule has 3 rings (SSSR count). The van der Waals surface area contributed by atoms with Gasteiger partial charge in [0.15, 0.2) is 0 Å². The molecule has 0 radical (unpaired) electrons. The van der Waals surface area contributed by atoms with E-state index < -0.39 is 0 Å². The summed E-state index contributed by atoms with van der Waals surface area (Å²) in [5.41, 5.74) is 0.936. The Labute approximate surface area is 160 Å². The molecule has 2 heterocycles. The van der Waals surface area contributed by atoms with Gasteiger partial charge in [-0.15, -0.1) is 0 Å². The number of hydrogen-bond donors (Lipinski definition) is 1. The standard InChI is InChI=1S/C20H29ClFN3O/c1-15(16-3-2-6-23-13-16)11-20(26)25-9-7-24(8-10-25)14-17-4-5-18(22)12-19(17)21/h4-5,12,15-16,23H,2-3,6-11,13-14H2,1H3. The van der Waals surface area contributed by atoms with Crippen LogP contribution in [0.4, 0.5) is 4.39 Å². The van der Waals surface area contributed by atoms with E-state index in [0.717, 1.165) is 44.8 Å². The highest BCUT2D eigenvalue weighted by atomic mass is 35.5. The first kappa shape index (κ1) is 19.6. The van der Waals surface area contributed by atoms with Crippen LogP contribution >= 0.6 is 11.6 Å². The molecule has 0 spiro atoms. The summed E-state index contributed by atoms with van der Waals surface area (Å²) >= 11 is 6.12. The molecule has 2 unspecified atom stereocenters. The normalized spacial score (nSPS) is 23.0. The van der Waals surface area contributed by atoms with Gasteiger partial charge in [0, 0.05) is 44.2 Å². The van der Waals surface area contributed by atoms with E-state index in [1.165, 1.54) is 25.0 Å². The van der Waals surface area contributed by atoms with Crippen molar-refractivity contribution < 1.29 is 9.18 Å². The van der Waals surface area contributed by atoms with Gasteiger partial charge in [0.2, 0.25) is 5.91 Å². The molecule has 2 saturated heterocycles. The van der Waals surface area contributed by atoms with E-state index in [4.69, 9.17) is 11.6 Å². The second kappa shape index (κ2) is 9.16. The van der Waals surface area contributed by atoms with Crippen molar-refractivity contribution in [3.63, 3.8) is 0 Å². The average molecular weight is 382 g/mol. The topological polar surface area (TPSA) is 35.6 Å². The van der Waals surface area contributed by atoms with Crippen molar-refractivity contribution in [3.8, 4) is 0 Å². The maximum atomic E-state index is 13.2. The fourth-order valence-electron chi connectivity index (χ4n) is 3.98. The number of nitrogens with zero attached hydrogens (tertiary/aromatic N) is 2. The molecule has 0 saturated carbocycles. The van der Waals surface area contributed by atoms with Gasteiger partial charge in [0.1, 0.15) is 5.82 Å². The summed E-state index contributed by atoms with van der Waals surface area (Å²) in [5.74, 6) is 1.03. The van der Waals surface area contributed by atoms with Crippen LogP contribution in [0, 0.1) is 17.7 Å². The van der Waals surface area contributed by atoms with Crippen LogP contribution in [0.2, 0.25) is 5.02 Å². The summed E-state index contributed by atoms with van der Waals surface area (Å²) < 4.78 is 13.2. The van der Waals surface area contributed by atoms with Gasteiger partial charge >= 0.3 is 0 Å². The number of piperidine rings is 1. The number of hydrogen-bond acceptors (Lipinski definition) is 3. The molecule has 1 aromatic rings. The van der Waals surface area contributed by atoms with E-state index in [0.29, 0.717) is 29.8 Å². The minimum absolute atomic E-state index is 0.280. The maximum absolute atomic E-state index is 13.2. The Hall–Kier alpha value is -1.17. The fourth-order valence-corrected chi connectivity index (χ4v) is 4.21. The second-order valence-corrected chi connectivity index (χ2v) is 8.09. The van der Waals surface area contributed by atoms with Crippen LogP contribution in [0.1, 0.15) is 31.7 Å². The highest BCUT2D eigenvalue weighted by molar-refractivity contribution is 6.31. The lowest BCUT2D eigenvalue weighted by atomic mass is 9.85. The van der Waals surface area contributed by atoms with Crippen LogP contribution in [-0.2, 0) is 11.3 Å². The Kier molecular flexibility index (Phi) is 6.90. The minimum atomic E-state index is -0.309. The van der Waals surface area contributed by atoms with Crippen molar-refractivity contribution in [1.82, 2.24) is 15.1 Å². The summed E-state index contributed by atoms with van der Waals surface area (Å²) in [5, 5.41) is 3.91. The molecule has 1 amide bonds. The monoisotopic (exact) mass is 381 g/mol. The Bertz CT molecular complexity index is 613. The van der Waals surface area contributed by atoms with E-state index in [2.05, 4.69) is 17.1 Å². The van der Waals surface area contributed by atoms with Gasteiger partial charge in [-0.3, -0.25) is 9.69 Å². The number of halogens is 2. The van der Waals surface area contributed by atoms with Crippen molar-refractivity contribution in [1.29, 1.82) is 0 Å². The van der Waals surface area contributed by atoms with Crippen molar-refractivity contribution in [3.05, 3.63) is 34.6 Å². The molecule has 1 N–H and O–H groups in total. The Morgan fingerprint density at radius 3 is 2.77 bits per heavy atom. The zero-order valence-corrected chi connectivity index (χ0v) is 16.3. The molecule has 26 heavy (non-hydrogen) atoms. The predicted octanol–water partition coefficient (Wildman–Crippen LogP) is 3.15. The number of benzene rings is 1. The van der Waals surface area contributed by atoms with Gasteiger partial charge < -0.3 is 10.2 Å². The fraction of sp³-hybridized carbons (Fsp3) is 0.650. The molecule has 2 atom stereocenters. The molecule has 2 aliphatic heterocycles. The molecular weight excluding hydrogens is 353 g/mol. The zero-order chi connectivity index (χ0) is 18.5. The second-order valence-electron chi connectivity index (χ2n) is 7.68. The van der Waals surface area contributed by atoms with Gasteiger partial charge in [-0.05, 0) is 55.5 Å². The molecule has 2 aliphatic rings. The highest BCUT2D eigenvalue weighted by Crippen LogP contribution is 2.24. The van der Waals surface area contributed by atoms with Crippen LogP contribution in [0.5, 0.6) is 0 Å². The van der Waals surface area contributed by atoms with Crippen LogP contribution in [0.3, 0.4) is 0 Å². The van der Waals surface area contributed by atoms with Crippen molar-refractivity contribution in [2.75, 3.05) is 39.3 Å². The number of nitrogens with one attached hydrogen (secondary N) is 1. The van der Waals surface area contributed by atoms with Gasteiger partial charge in [-0.25, -0.2) is 4.39 Å². The van der Waals surface area contributed by atoms with Crippen LogP contribution in [-0.4, -0.2) is 55.0 Å². The maximum Gasteiger partial charge on any atom is 0.222 e. The van der Waals surface area contributed by atoms with Crippen LogP contribution < -0.4 is 5.32 Å². The van der Waals surface area contributed by atoms with E-state index >= 15 is 0 Å². The van der Waals surface area contributed by atoms with Crippen LogP contribution in [0.15, 0.2) is 18.2 Å². The summed E-state index contributed by atoms with van der Waals surface area (Å²) in [6, 6.07) is 4.55. The number of carbonyl (C=O) groups excluding carboxylic acids is 1. The molecule has 144 valence electrons. The number of piperazine rings is 1. The summed E-state index contributed by atoms with van der Waals surface area (Å²) in [7, 11) is 0. The smallest absolute Gasteiger partial charge is 0.222 e. The molecule has 0 aromatic heterocycles. The molecular formula is C20H29ClFN3O. The van der Waals surface area contributed by atoms with Gasteiger partial charge in [0.05, 0.1) is 0 Å². The Morgan fingerprint density at radius 1 is 1.35 bits per heavy atom. The summed E-state index contributed by atoms with van der Waals surface area (Å²) in [4.78, 5) is 16.9. The van der Waals surface area contributed by atoms with Crippen molar-refractivity contribution in [2.24, 2.45) is 11.8 Å². The molecule has 2 fully saturated rings. The molecule has 6 heteroatoms. The Balaban J connectivity index is 1.44. The van der Waals surface area contributed by atoms with E-state index in [1.54, 1.807) is 6.07 Å². The van der Waals surface area contributed by atoms with Gasteiger partial charge in [-0.2, -0.15) is 0 Å². The average Bonchev–Trinajstić information content (AvgIpc) is 2.65. The number of rotatable bonds is 5. The van der Waals surface area contributed by atoms with E-state index in [9.17, 15) is 9.18 Å². The molecule has 0 aliphatic carbocycles. The highest BCUT2D eigenvalue weighted by Gasteiger charge is 2.26.